The number of nitrogen functional groups attached to an aromatic ring is 1. The average molecular weight is 242 g/mol. The fraction of sp³-hybridized carbons (Fsp3) is 0.400. The van der Waals surface area contributed by atoms with Gasteiger partial charge in [0.05, 0.1) is 18.2 Å². The fourth-order valence-electron chi connectivity index (χ4n) is 2.63. The molecule has 2 aromatic rings. The Hall–Kier alpha value is -1.61. The van der Waals surface area contributed by atoms with E-state index in [9.17, 15) is 0 Å². The summed E-state index contributed by atoms with van der Waals surface area (Å²) in [4.78, 5) is 4.43. The lowest BCUT2D eigenvalue weighted by Gasteiger charge is -2.13. The molecule has 1 saturated carbocycles. The average Bonchev–Trinajstić information content (AvgIpc) is 2.92. The number of benzene rings is 1. The van der Waals surface area contributed by atoms with Gasteiger partial charge in [-0.2, -0.15) is 0 Å². The Morgan fingerprint density at radius 3 is 2.89 bits per heavy atom. The molecule has 2 N–H and O–H groups in total. The Balaban J connectivity index is 1.85. The maximum Gasteiger partial charge on any atom is 0.0777 e. The van der Waals surface area contributed by atoms with Crippen LogP contribution in [0.1, 0.15) is 31.2 Å². The van der Waals surface area contributed by atoms with Crippen LogP contribution in [0.3, 0.4) is 0 Å². The molecule has 0 saturated heterocycles. The van der Waals surface area contributed by atoms with Crippen molar-refractivity contribution in [3.05, 3.63) is 36.0 Å². The highest BCUT2D eigenvalue weighted by Gasteiger charge is 2.16. The van der Waals surface area contributed by atoms with Crippen LogP contribution in [0.2, 0.25) is 0 Å². The summed E-state index contributed by atoms with van der Waals surface area (Å²) in [6.07, 6.45) is 7.22. The van der Waals surface area contributed by atoms with Gasteiger partial charge in [-0.15, -0.1) is 0 Å². The lowest BCUT2D eigenvalue weighted by molar-refractivity contribution is 0.0463. The van der Waals surface area contributed by atoms with Gasteiger partial charge >= 0.3 is 0 Å². The molecule has 0 bridgehead atoms. The molecule has 0 atom stereocenters. The maximum atomic E-state index is 5.96. The van der Waals surface area contributed by atoms with Crippen LogP contribution in [-0.2, 0) is 11.3 Å². The molecular formula is C15H18N2O. The van der Waals surface area contributed by atoms with Crippen LogP contribution in [0.4, 0.5) is 5.69 Å². The molecule has 1 aliphatic carbocycles. The molecule has 3 heteroatoms. The largest absolute Gasteiger partial charge is 0.398 e. The van der Waals surface area contributed by atoms with Gasteiger partial charge < -0.3 is 10.5 Å². The van der Waals surface area contributed by atoms with E-state index in [0.29, 0.717) is 12.7 Å². The lowest BCUT2D eigenvalue weighted by Crippen LogP contribution is -2.07. The molecule has 0 amide bonds. The first kappa shape index (κ1) is 11.5. The molecule has 1 fully saturated rings. The Bertz CT molecular complexity index is 547. The summed E-state index contributed by atoms with van der Waals surface area (Å²) in [7, 11) is 0. The van der Waals surface area contributed by atoms with Gasteiger partial charge in [-0.1, -0.05) is 18.9 Å². The first-order valence-electron chi connectivity index (χ1n) is 6.58. The van der Waals surface area contributed by atoms with Gasteiger partial charge in [0.1, 0.15) is 0 Å². The van der Waals surface area contributed by atoms with E-state index >= 15 is 0 Å². The number of nitrogens with two attached hydrogens (primary N) is 1. The highest BCUT2D eigenvalue weighted by Crippen LogP contribution is 2.26. The van der Waals surface area contributed by atoms with Crippen molar-refractivity contribution in [1.82, 2.24) is 4.98 Å². The smallest absolute Gasteiger partial charge is 0.0777 e. The van der Waals surface area contributed by atoms with Gasteiger partial charge in [0, 0.05) is 22.8 Å². The van der Waals surface area contributed by atoms with E-state index in [1.807, 2.05) is 24.3 Å². The molecule has 3 rings (SSSR count). The van der Waals surface area contributed by atoms with Crippen molar-refractivity contribution in [3.63, 3.8) is 0 Å². The minimum atomic E-state index is 0.432. The quantitative estimate of drug-likeness (QED) is 0.840. The number of ether oxygens (including phenoxy) is 1. The molecule has 1 aliphatic rings. The van der Waals surface area contributed by atoms with E-state index < -0.39 is 0 Å². The molecule has 3 nitrogen and oxygen atoms in total. The molecule has 18 heavy (non-hydrogen) atoms. The third-order valence-corrected chi connectivity index (χ3v) is 3.66. The molecule has 0 unspecified atom stereocenters. The summed E-state index contributed by atoms with van der Waals surface area (Å²) < 4.78 is 5.96. The Morgan fingerprint density at radius 1 is 1.22 bits per heavy atom. The summed E-state index contributed by atoms with van der Waals surface area (Å²) >= 11 is 0. The topological polar surface area (TPSA) is 48.1 Å². The SMILES string of the molecule is Nc1ccc(COC2CCCC2)c2ncccc12. The van der Waals surface area contributed by atoms with Gasteiger partial charge in [0.15, 0.2) is 0 Å². The first-order chi connectivity index (χ1) is 8.84. The molecule has 0 radical (unpaired) electrons. The van der Waals surface area contributed by atoms with Crippen LogP contribution in [-0.4, -0.2) is 11.1 Å². The second-order valence-corrected chi connectivity index (χ2v) is 4.93. The third kappa shape index (κ3) is 2.18. The van der Waals surface area contributed by atoms with Crippen molar-refractivity contribution < 1.29 is 4.74 Å². The second kappa shape index (κ2) is 4.94. The fourth-order valence-corrected chi connectivity index (χ4v) is 2.63. The van der Waals surface area contributed by atoms with Crippen LogP contribution in [0.5, 0.6) is 0 Å². The third-order valence-electron chi connectivity index (χ3n) is 3.66. The summed E-state index contributed by atoms with van der Waals surface area (Å²) in [5, 5.41) is 1.02. The zero-order valence-corrected chi connectivity index (χ0v) is 10.4. The monoisotopic (exact) mass is 242 g/mol. The molecule has 1 heterocycles. The van der Waals surface area contributed by atoms with Crippen molar-refractivity contribution in [1.29, 1.82) is 0 Å². The lowest BCUT2D eigenvalue weighted by atomic mass is 10.1. The van der Waals surface area contributed by atoms with E-state index in [-0.39, 0.29) is 0 Å². The van der Waals surface area contributed by atoms with Crippen molar-refractivity contribution in [2.45, 2.75) is 38.4 Å². The maximum absolute atomic E-state index is 5.96. The van der Waals surface area contributed by atoms with E-state index in [2.05, 4.69) is 4.98 Å². The molecule has 1 aromatic carbocycles. The van der Waals surface area contributed by atoms with Crippen LogP contribution >= 0.6 is 0 Å². The molecule has 94 valence electrons. The van der Waals surface area contributed by atoms with E-state index in [4.69, 9.17) is 10.5 Å². The first-order valence-corrected chi connectivity index (χ1v) is 6.58. The Labute approximate surface area is 107 Å². The highest BCUT2D eigenvalue weighted by atomic mass is 16.5. The normalized spacial score (nSPS) is 16.4. The summed E-state index contributed by atoms with van der Waals surface area (Å²) in [5.74, 6) is 0. The number of pyridine rings is 1. The van der Waals surface area contributed by atoms with Crippen molar-refractivity contribution in [2.75, 3.05) is 5.73 Å². The number of anilines is 1. The Kier molecular flexibility index (Phi) is 3.15. The van der Waals surface area contributed by atoms with Crippen LogP contribution in [0, 0.1) is 0 Å². The van der Waals surface area contributed by atoms with Gasteiger partial charge in [-0.3, -0.25) is 4.98 Å². The number of rotatable bonds is 3. The molecule has 0 aliphatic heterocycles. The summed E-state index contributed by atoms with van der Waals surface area (Å²) in [6.45, 7) is 0.637. The number of aromatic nitrogens is 1. The molecule has 1 aromatic heterocycles. The molecule has 0 spiro atoms. The van der Waals surface area contributed by atoms with Crippen LogP contribution in [0.25, 0.3) is 10.9 Å². The van der Waals surface area contributed by atoms with Gasteiger partial charge in [0.2, 0.25) is 0 Å². The van der Waals surface area contributed by atoms with Gasteiger partial charge in [0.25, 0.3) is 0 Å². The standard InChI is InChI=1S/C15H18N2O/c16-14-8-7-11(10-18-12-4-1-2-5-12)15-13(14)6-3-9-17-15/h3,6-9,12H,1-2,4-5,10,16H2. The van der Waals surface area contributed by atoms with E-state index in [0.717, 1.165) is 22.2 Å². The summed E-state index contributed by atoms with van der Waals surface area (Å²) in [6, 6.07) is 7.90. The Morgan fingerprint density at radius 2 is 2.06 bits per heavy atom. The number of fused-ring (bicyclic) bond motifs is 1. The van der Waals surface area contributed by atoms with Crippen LogP contribution < -0.4 is 5.73 Å². The number of nitrogens with zero attached hydrogens (tertiary/aromatic N) is 1. The van der Waals surface area contributed by atoms with Gasteiger partial charge in [-0.25, -0.2) is 0 Å². The number of hydrogen-bond donors (Lipinski definition) is 1. The van der Waals surface area contributed by atoms with Crippen molar-refractivity contribution >= 4 is 16.6 Å². The highest BCUT2D eigenvalue weighted by molar-refractivity contribution is 5.92. The zero-order chi connectivity index (χ0) is 12.4. The number of hydrogen-bond acceptors (Lipinski definition) is 3. The predicted molar refractivity (Wildman–Crippen MR) is 73.2 cm³/mol. The zero-order valence-electron chi connectivity index (χ0n) is 10.4. The minimum absolute atomic E-state index is 0.432. The summed E-state index contributed by atoms with van der Waals surface area (Å²) in [5.41, 5.74) is 8.84. The van der Waals surface area contributed by atoms with Crippen molar-refractivity contribution in [3.8, 4) is 0 Å². The second-order valence-electron chi connectivity index (χ2n) is 4.93. The minimum Gasteiger partial charge on any atom is -0.398 e. The predicted octanol–water partition coefficient (Wildman–Crippen LogP) is 3.28. The van der Waals surface area contributed by atoms with Crippen LogP contribution in [0.15, 0.2) is 30.5 Å². The van der Waals surface area contributed by atoms with Gasteiger partial charge in [-0.05, 0) is 31.0 Å². The van der Waals surface area contributed by atoms with E-state index in [1.165, 1.54) is 25.7 Å². The molecular weight excluding hydrogens is 224 g/mol. The van der Waals surface area contributed by atoms with E-state index in [1.54, 1.807) is 6.20 Å². The van der Waals surface area contributed by atoms with Crippen molar-refractivity contribution in [2.24, 2.45) is 0 Å².